The lowest BCUT2D eigenvalue weighted by molar-refractivity contribution is -0.136. The van der Waals surface area contributed by atoms with Gasteiger partial charge in [0, 0.05) is 29.2 Å². The molecule has 0 unspecified atom stereocenters. The molecular weight excluding hydrogens is 340 g/mol. The summed E-state index contributed by atoms with van der Waals surface area (Å²) < 4.78 is 4.83. The van der Waals surface area contributed by atoms with Crippen molar-refractivity contribution in [1.29, 1.82) is 0 Å². The summed E-state index contributed by atoms with van der Waals surface area (Å²) in [6.45, 7) is 2.03. The van der Waals surface area contributed by atoms with Crippen LogP contribution in [0.5, 0.6) is 0 Å². The molecule has 0 aromatic heterocycles. The number of esters is 1. The van der Waals surface area contributed by atoms with Crippen molar-refractivity contribution >= 4 is 17.6 Å². The van der Waals surface area contributed by atoms with Gasteiger partial charge in [0.15, 0.2) is 0 Å². The molecule has 1 aliphatic rings. The molecule has 136 valence electrons. The van der Waals surface area contributed by atoms with E-state index in [-0.39, 0.29) is 11.6 Å². The van der Waals surface area contributed by atoms with Crippen LogP contribution in [0, 0.1) is 6.92 Å². The molecule has 1 heterocycles. The highest BCUT2D eigenvalue weighted by Crippen LogP contribution is 2.21. The molecule has 0 fully saturated rings. The van der Waals surface area contributed by atoms with E-state index in [1.165, 1.54) is 12.7 Å². The van der Waals surface area contributed by atoms with Gasteiger partial charge < -0.3 is 15.0 Å². The number of hydrogen-bond donors (Lipinski definition) is 1. The molecule has 0 saturated carbocycles. The zero-order chi connectivity index (χ0) is 19.2. The summed E-state index contributed by atoms with van der Waals surface area (Å²) in [7, 11) is 1.28. The average Bonchev–Trinajstić information content (AvgIpc) is 2.72. The van der Waals surface area contributed by atoms with Crippen molar-refractivity contribution in [1.82, 2.24) is 5.32 Å². The summed E-state index contributed by atoms with van der Waals surface area (Å²) in [5, 5.41) is 2.66. The van der Waals surface area contributed by atoms with Crippen LogP contribution in [-0.2, 0) is 9.53 Å². The van der Waals surface area contributed by atoms with Crippen LogP contribution in [-0.4, -0.2) is 19.0 Å². The van der Waals surface area contributed by atoms with Crippen molar-refractivity contribution in [3.8, 4) is 0 Å². The Morgan fingerprint density at radius 2 is 1.56 bits per heavy atom. The lowest BCUT2D eigenvalue weighted by Gasteiger charge is -2.20. The Hall–Kier alpha value is -3.60. The number of ether oxygens (including phenoxy) is 1. The van der Waals surface area contributed by atoms with Crippen LogP contribution in [0.4, 0.5) is 5.69 Å². The van der Waals surface area contributed by atoms with E-state index in [0.717, 1.165) is 5.69 Å². The van der Waals surface area contributed by atoms with Crippen LogP contribution < -0.4 is 10.2 Å². The fourth-order valence-electron chi connectivity index (χ4n) is 2.60. The predicted molar refractivity (Wildman–Crippen MR) is 105 cm³/mol. The van der Waals surface area contributed by atoms with E-state index in [1.54, 1.807) is 36.4 Å². The Morgan fingerprint density at radius 1 is 0.926 bits per heavy atom. The number of rotatable bonds is 4. The molecule has 1 N–H and O–H groups in total. The van der Waals surface area contributed by atoms with Gasteiger partial charge in [-0.2, -0.15) is 0 Å². The normalized spacial score (nSPS) is 12.7. The number of carbonyl (C=O) groups excluding carboxylic acids is 2. The first kappa shape index (κ1) is 18.2. The van der Waals surface area contributed by atoms with Gasteiger partial charge in [-0.25, -0.2) is 4.79 Å². The molecule has 0 atom stereocenters. The van der Waals surface area contributed by atoms with Crippen LogP contribution in [0.2, 0.25) is 0 Å². The number of aryl methyl sites for hydroxylation is 1. The molecule has 1 amide bonds. The van der Waals surface area contributed by atoms with Crippen molar-refractivity contribution in [2.75, 3.05) is 12.0 Å². The van der Waals surface area contributed by atoms with Crippen molar-refractivity contribution in [2.45, 2.75) is 6.92 Å². The second kappa shape index (κ2) is 8.19. The van der Waals surface area contributed by atoms with Crippen LogP contribution in [0.15, 0.2) is 90.4 Å². The highest BCUT2D eigenvalue weighted by atomic mass is 16.5. The number of nitrogens with zero attached hydrogens (tertiary/aromatic N) is 1. The Morgan fingerprint density at radius 3 is 2.15 bits per heavy atom. The number of hydrogen-bond acceptors (Lipinski definition) is 4. The van der Waals surface area contributed by atoms with Gasteiger partial charge in [-0.1, -0.05) is 35.9 Å². The molecule has 1 aliphatic heterocycles. The summed E-state index contributed by atoms with van der Waals surface area (Å²) in [5.41, 5.74) is 3.31. The largest absolute Gasteiger partial charge is 0.464 e. The van der Waals surface area contributed by atoms with Crippen molar-refractivity contribution in [2.24, 2.45) is 0 Å². The monoisotopic (exact) mass is 360 g/mol. The Kier molecular flexibility index (Phi) is 5.52. The van der Waals surface area contributed by atoms with E-state index >= 15 is 0 Å². The van der Waals surface area contributed by atoms with E-state index in [9.17, 15) is 9.59 Å². The molecule has 0 spiro atoms. The second-order valence-corrected chi connectivity index (χ2v) is 6.02. The third kappa shape index (κ3) is 4.33. The standard InChI is InChI=1S/C22H20N2O3/c1-16-8-10-19(11-9-16)24-14-12-17(13-15-24)20(22(26)27-2)23-21(25)18-6-4-3-5-7-18/h3-15H,1-2H3,(H,23,25). The van der Waals surface area contributed by atoms with E-state index < -0.39 is 5.97 Å². The Labute approximate surface area is 158 Å². The Balaban J connectivity index is 1.84. The first-order chi connectivity index (χ1) is 13.1. The summed E-state index contributed by atoms with van der Waals surface area (Å²) in [6, 6.07) is 16.8. The van der Waals surface area contributed by atoms with Crippen molar-refractivity contribution in [3.63, 3.8) is 0 Å². The number of allylic oxidation sites excluding steroid dienone is 3. The SMILES string of the molecule is COC(=O)C(NC(=O)c1ccccc1)=C1C=CN(c2ccc(C)cc2)C=C1. The lowest BCUT2D eigenvalue weighted by atomic mass is 10.1. The molecular formula is C22H20N2O3. The molecule has 0 aliphatic carbocycles. The highest BCUT2D eigenvalue weighted by Gasteiger charge is 2.19. The number of nitrogens with one attached hydrogen (secondary N) is 1. The summed E-state index contributed by atoms with van der Waals surface area (Å²) in [5.74, 6) is -0.973. The fourth-order valence-corrected chi connectivity index (χ4v) is 2.60. The second-order valence-electron chi connectivity index (χ2n) is 6.02. The summed E-state index contributed by atoms with van der Waals surface area (Å²) in [6.07, 6.45) is 7.18. The molecule has 0 saturated heterocycles. The quantitative estimate of drug-likeness (QED) is 0.667. The lowest BCUT2D eigenvalue weighted by Crippen LogP contribution is -2.29. The fraction of sp³-hybridized carbons (Fsp3) is 0.0909. The maximum atomic E-state index is 12.4. The zero-order valence-electron chi connectivity index (χ0n) is 15.2. The van der Waals surface area contributed by atoms with E-state index in [1.807, 2.05) is 54.6 Å². The minimum Gasteiger partial charge on any atom is -0.464 e. The van der Waals surface area contributed by atoms with Gasteiger partial charge in [-0.05, 0) is 43.3 Å². The van der Waals surface area contributed by atoms with E-state index in [4.69, 9.17) is 4.74 Å². The molecule has 2 aromatic rings. The minimum absolute atomic E-state index is 0.0995. The highest BCUT2D eigenvalue weighted by molar-refractivity contribution is 6.02. The van der Waals surface area contributed by atoms with Gasteiger partial charge in [0.05, 0.1) is 7.11 Å². The Bertz CT molecular complexity index is 910. The molecule has 5 nitrogen and oxygen atoms in total. The molecule has 2 aromatic carbocycles. The molecule has 0 radical (unpaired) electrons. The van der Waals surface area contributed by atoms with Crippen LogP contribution in [0.3, 0.4) is 0 Å². The average molecular weight is 360 g/mol. The number of methoxy groups -OCH3 is 1. The maximum Gasteiger partial charge on any atom is 0.355 e. The maximum absolute atomic E-state index is 12.4. The third-order valence-electron chi connectivity index (χ3n) is 4.11. The van der Waals surface area contributed by atoms with Gasteiger partial charge in [-0.15, -0.1) is 0 Å². The number of carbonyl (C=O) groups is 2. The van der Waals surface area contributed by atoms with Gasteiger partial charge in [0.2, 0.25) is 0 Å². The summed E-state index contributed by atoms with van der Waals surface area (Å²) in [4.78, 5) is 26.5. The van der Waals surface area contributed by atoms with Gasteiger partial charge in [-0.3, -0.25) is 4.79 Å². The number of anilines is 1. The number of benzene rings is 2. The third-order valence-corrected chi connectivity index (χ3v) is 4.11. The predicted octanol–water partition coefficient (Wildman–Crippen LogP) is 3.70. The first-order valence-corrected chi connectivity index (χ1v) is 8.49. The van der Waals surface area contributed by atoms with Gasteiger partial charge >= 0.3 is 5.97 Å². The van der Waals surface area contributed by atoms with E-state index in [0.29, 0.717) is 11.1 Å². The van der Waals surface area contributed by atoms with Gasteiger partial charge in [0.25, 0.3) is 5.91 Å². The minimum atomic E-state index is -0.604. The smallest absolute Gasteiger partial charge is 0.355 e. The molecule has 3 rings (SSSR count). The topological polar surface area (TPSA) is 58.6 Å². The first-order valence-electron chi connectivity index (χ1n) is 8.49. The molecule has 5 heteroatoms. The van der Waals surface area contributed by atoms with E-state index in [2.05, 4.69) is 5.32 Å². The van der Waals surface area contributed by atoms with Crippen molar-refractivity contribution in [3.05, 3.63) is 102 Å². The van der Waals surface area contributed by atoms with Crippen LogP contribution in [0.25, 0.3) is 0 Å². The number of amides is 1. The zero-order valence-corrected chi connectivity index (χ0v) is 15.2. The van der Waals surface area contributed by atoms with Crippen LogP contribution in [0.1, 0.15) is 15.9 Å². The summed E-state index contributed by atoms with van der Waals surface area (Å²) >= 11 is 0. The van der Waals surface area contributed by atoms with Crippen molar-refractivity contribution < 1.29 is 14.3 Å². The van der Waals surface area contributed by atoms with Crippen LogP contribution >= 0.6 is 0 Å². The van der Waals surface area contributed by atoms with Gasteiger partial charge in [0.1, 0.15) is 5.70 Å². The molecule has 0 bridgehead atoms. The molecule has 27 heavy (non-hydrogen) atoms.